The zero-order valence-corrected chi connectivity index (χ0v) is 23.2. The van der Waals surface area contributed by atoms with Crippen molar-refractivity contribution in [2.75, 3.05) is 56.4 Å². The van der Waals surface area contributed by atoms with Gasteiger partial charge in [0.2, 0.25) is 11.9 Å². The lowest BCUT2D eigenvalue weighted by molar-refractivity contribution is -0.111. The minimum Gasteiger partial charge on any atom is -0.492 e. The van der Waals surface area contributed by atoms with E-state index < -0.39 is 0 Å². The normalized spacial score (nSPS) is 11.0. The van der Waals surface area contributed by atoms with E-state index in [2.05, 4.69) is 56.2 Å². The highest BCUT2D eigenvalue weighted by molar-refractivity contribution is 6.02. The second-order valence-electron chi connectivity index (χ2n) is 9.34. The average Bonchev–Trinajstić information content (AvgIpc) is 3.35. The number of amides is 1. The van der Waals surface area contributed by atoms with Gasteiger partial charge in [-0.05, 0) is 58.3 Å². The molecule has 0 radical (unpaired) electrons. The molecule has 0 fully saturated rings. The van der Waals surface area contributed by atoms with Crippen LogP contribution in [0.2, 0.25) is 0 Å². The van der Waals surface area contributed by atoms with Crippen molar-refractivity contribution in [3.8, 4) is 17.0 Å². The quantitative estimate of drug-likeness (QED) is 0.254. The van der Waals surface area contributed by atoms with Crippen molar-refractivity contribution in [1.82, 2.24) is 24.6 Å². The lowest BCUT2D eigenvalue weighted by Crippen LogP contribution is -2.29. The van der Waals surface area contributed by atoms with E-state index in [1.165, 1.54) is 6.08 Å². The Morgan fingerprint density at radius 2 is 1.92 bits per heavy atom. The summed E-state index contributed by atoms with van der Waals surface area (Å²) in [6.45, 7) is 10.5. The standard InChI is InChI=1S/C29H36N8O2/c1-7-28(38)32-23-17-24(27(39-9-3)18-26(23)36(6)15-14-35(4)5)34-29-30-13-12-22(33-29)20-10-11-25-21(16-20)19-31-37(25)8-2/h7,10-13,16-19H,1,8-9,14-15H2,2-6H3,(H,32,38)(H,30,33,34). The largest absolute Gasteiger partial charge is 0.492 e. The zero-order valence-electron chi connectivity index (χ0n) is 23.2. The van der Waals surface area contributed by atoms with E-state index in [9.17, 15) is 4.79 Å². The summed E-state index contributed by atoms with van der Waals surface area (Å²) in [5.74, 6) is 0.739. The number of carbonyl (C=O) groups excluding carboxylic acids is 1. The number of likely N-dealkylation sites (N-methyl/N-ethyl adjacent to an activating group) is 2. The van der Waals surface area contributed by atoms with Crippen LogP contribution in [-0.4, -0.2) is 71.4 Å². The molecule has 2 aromatic heterocycles. The van der Waals surface area contributed by atoms with Gasteiger partial charge in [-0.3, -0.25) is 9.48 Å². The van der Waals surface area contributed by atoms with Gasteiger partial charge in [0.25, 0.3) is 0 Å². The molecule has 4 rings (SSSR count). The number of aromatic nitrogens is 4. The minimum atomic E-state index is -0.299. The number of carbonyl (C=O) groups is 1. The summed E-state index contributed by atoms with van der Waals surface area (Å²) in [5.41, 5.74) is 4.91. The van der Waals surface area contributed by atoms with Crippen molar-refractivity contribution in [2.45, 2.75) is 20.4 Å². The van der Waals surface area contributed by atoms with E-state index in [4.69, 9.17) is 9.72 Å². The Labute approximate surface area is 229 Å². The average molecular weight is 529 g/mol. The van der Waals surface area contributed by atoms with Gasteiger partial charge >= 0.3 is 0 Å². The van der Waals surface area contributed by atoms with Crippen molar-refractivity contribution in [1.29, 1.82) is 0 Å². The number of rotatable bonds is 12. The highest BCUT2D eigenvalue weighted by atomic mass is 16.5. The molecule has 1 amide bonds. The zero-order chi connectivity index (χ0) is 27.9. The topological polar surface area (TPSA) is 100 Å². The Morgan fingerprint density at radius 3 is 2.64 bits per heavy atom. The summed E-state index contributed by atoms with van der Waals surface area (Å²) in [4.78, 5) is 25.7. The highest BCUT2D eigenvalue weighted by Crippen LogP contribution is 2.38. The molecule has 10 nitrogen and oxygen atoms in total. The van der Waals surface area contributed by atoms with Gasteiger partial charge in [-0.25, -0.2) is 9.97 Å². The summed E-state index contributed by atoms with van der Waals surface area (Å²) in [6, 6.07) is 11.8. The molecule has 0 unspecified atom stereocenters. The van der Waals surface area contributed by atoms with E-state index in [1.54, 1.807) is 6.20 Å². The molecule has 4 aromatic rings. The maximum absolute atomic E-state index is 12.3. The van der Waals surface area contributed by atoms with Crippen molar-refractivity contribution >= 4 is 39.8 Å². The van der Waals surface area contributed by atoms with E-state index >= 15 is 0 Å². The van der Waals surface area contributed by atoms with E-state index in [1.807, 2.05) is 63.2 Å². The van der Waals surface area contributed by atoms with Gasteiger partial charge in [-0.1, -0.05) is 12.6 Å². The number of anilines is 4. The third-order valence-electron chi connectivity index (χ3n) is 6.27. The van der Waals surface area contributed by atoms with Crippen molar-refractivity contribution < 1.29 is 9.53 Å². The lowest BCUT2D eigenvalue weighted by Gasteiger charge is -2.26. The van der Waals surface area contributed by atoms with Crippen LogP contribution < -0.4 is 20.3 Å². The molecule has 0 aliphatic rings. The Bertz CT molecular complexity index is 1460. The maximum atomic E-state index is 12.3. The molecule has 0 saturated carbocycles. The first-order valence-electron chi connectivity index (χ1n) is 13.0. The number of fused-ring (bicyclic) bond motifs is 1. The molecule has 0 spiro atoms. The van der Waals surface area contributed by atoms with E-state index in [0.717, 1.165) is 47.5 Å². The van der Waals surface area contributed by atoms with E-state index in [-0.39, 0.29) is 5.91 Å². The first-order valence-corrected chi connectivity index (χ1v) is 13.0. The van der Waals surface area contributed by atoms with Gasteiger partial charge in [0.15, 0.2) is 0 Å². The predicted octanol–water partition coefficient (Wildman–Crippen LogP) is 4.78. The Balaban J connectivity index is 1.69. The summed E-state index contributed by atoms with van der Waals surface area (Å²) >= 11 is 0. The fourth-order valence-electron chi connectivity index (χ4n) is 4.21. The van der Waals surface area contributed by atoms with Crippen LogP contribution >= 0.6 is 0 Å². The van der Waals surface area contributed by atoms with Crippen LogP contribution in [0.25, 0.3) is 22.2 Å². The number of hydrogen-bond donors (Lipinski definition) is 2. The Morgan fingerprint density at radius 1 is 1.10 bits per heavy atom. The van der Waals surface area contributed by atoms with Crippen LogP contribution in [0.1, 0.15) is 13.8 Å². The molecule has 2 heterocycles. The van der Waals surface area contributed by atoms with Crippen molar-refractivity contribution in [3.63, 3.8) is 0 Å². The number of ether oxygens (including phenoxy) is 1. The number of hydrogen-bond acceptors (Lipinski definition) is 8. The molecule has 0 aliphatic carbocycles. The van der Waals surface area contributed by atoms with Gasteiger partial charge in [0.05, 0.1) is 41.1 Å². The summed E-state index contributed by atoms with van der Waals surface area (Å²) < 4.78 is 7.95. The minimum absolute atomic E-state index is 0.299. The molecule has 10 heteroatoms. The van der Waals surface area contributed by atoms with Crippen LogP contribution in [-0.2, 0) is 11.3 Å². The third-order valence-corrected chi connectivity index (χ3v) is 6.27. The molecule has 204 valence electrons. The molecule has 2 N–H and O–H groups in total. The SMILES string of the molecule is C=CC(=O)Nc1cc(Nc2nccc(-c3ccc4c(cnn4CC)c3)n2)c(OCC)cc1N(C)CCN(C)C. The number of nitrogens with one attached hydrogen (secondary N) is 2. The second kappa shape index (κ2) is 12.4. The Kier molecular flexibility index (Phi) is 8.77. The van der Waals surface area contributed by atoms with Gasteiger partial charge in [-0.15, -0.1) is 0 Å². The molecular formula is C29H36N8O2. The maximum Gasteiger partial charge on any atom is 0.247 e. The van der Waals surface area contributed by atoms with Gasteiger partial charge in [0.1, 0.15) is 5.75 Å². The predicted molar refractivity (Wildman–Crippen MR) is 158 cm³/mol. The molecule has 0 aliphatic heterocycles. The van der Waals surface area contributed by atoms with Crippen LogP contribution in [0.5, 0.6) is 5.75 Å². The first-order chi connectivity index (χ1) is 18.8. The number of nitrogens with zero attached hydrogens (tertiary/aromatic N) is 6. The second-order valence-corrected chi connectivity index (χ2v) is 9.34. The van der Waals surface area contributed by atoms with Crippen LogP contribution in [0.3, 0.4) is 0 Å². The molecule has 0 atom stereocenters. The Hall–Kier alpha value is -4.44. The van der Waals surface area contributed by atoms with Crippen molar-refractivity contribution in [2.24, 2.45) is 0 Å². The van der Waals surface area contributed by atoms with Crippen LogP contribution in [0.15, 0.2) is 61.4 Å². The van der Waals surface area contributed by atoms with E-state index in [0.29, 0.717) is 29.7 Å². The fourth-order valence-corrected chi connectivity index (χ4v) is 4.21. The molecule has 39 heavy (non-hydrogen) atoms. The summed E-state index contributed by atoms with van der Waals surface area (Å²) in [7, 11) is 6.03. The molecule has 0 saturated heterocycles. The fraction of sp³-hybridized carbons (Fsp3) is 0.310. The monoisotopic (exact) mass is 528 g/mol. The third kappa shape index (κ3) is 6.53. The van der Waals surface area contributed by atoms with Gasteiger partial charge in [0, 0.05) is 49.9 Å². The summed E-state index contributed by atoms with van der Waals surface area (Å²) in [5, 5.41) is 11.7. The highest BCUT2D eigenvalue weighted by Gasteiger charge is 2.17. The molecule has 0 bridgehead atoms. The summed E-state index contributed by atoms with van der Waals surface area (Å²) in [6.07, 6.45) is 4.84. The van der Waals surface area contributed by atoms with Gasteiger partial charge in [-0.2, -0.15) is 5.10 Å². The smallest absolute Gasteiger partial charge is 0.247 e. The lowest BCUT2D eigenvalue weighted by atomic mass is 10.1. The van der Waals surface area contributed by atoms with Gasteiger partial charge < -0.3 is 25.2 Å². The van der Waals surface area contributed by atoms with Crippen molar-refractivity contribution in [3.05, 3.63) is 61.4 Å². The molecular weight excluding hydrogens is 492 g/mol. The number of benzene rings is 2. The first kappa shape index (κ1) is 27.6. The van der Waals surface area contributed by atoms with Crippen LogP contribution in [0.4, 0.5) is 23.0 Å². The number of aryl methyl sites for hydroxylation is 1. The van der Waals surface area contributed by atoms with Crippen LogP contribution in [0, 0.1) is 0 Å². The molecule has 2 aromatic carbocycles.